The van der Waals surface area contributed by atoms with Crippen molar-refractivity contribution in [2.24, 2.45) is 0 Å². The van der Waals surface area contributed by atoms with Crippen LogP contribution in [0, 0.1) is 6.92 Å². The van der Waals surface area contributed by atoms with Gasteiger partial charge in [0.2, 0.25) is 0 Å². The summed E-state index contributed by atoms with van der Waals surface area (Å²) in [5.74, 6) is -0.696. The van der Waals surface area contributed by atoms with Crippen molar-refractivity contribution in [1.29, 1.82) is 0 Å². The van der Waals surface area contributed by atoms with E-state index in [0.29, 0.717) is 11.1 Å². The normalized spacial score (nSPS) is 11.4. The molecule has 0 aliphatic carbocycles. The van der Waals surface area contributed by atoms with Crippen LogP contribution in [-0.2, 0) is 12.7 Å². The second-order valence-corrected chi connectivity index (χ2v) is 6.07. The van der Waals surface area contributed by atoms with Gasteiger partial charge in [0.05, 0.1) is 12.2 Å². The number of hydrogen-bond donors (Lipinski definition) is 2. The van der Waals surface area contributed by atoms with Crippen LogP contribution >= 0.6 is 0 Å². The molecule has 140 valence electrons. The number of nitrogens with zero attached hydrogens (tertiary/aromatic N) is 2. The Kier molecular flexibility index (Phi) is 5.00. The molecule has 3 rings (SSSR count). The summed E-state index contributed by atoms with van der Waals surface area (Å²) in [7, 11) is 0. The second kappa shape index (κ2) is 7.24. The number of aromatic nitrogens is 2. The van der Waals surface area contributed by atoms with Gasteiger partial charge in [-0.25, -0.2) is 5.48 Å². The molecular formula is C19H16F3N3O2. The fourth-order valence-corrected chi connectivity index (χ4v) is 2.63. The molecule has 27 heavy (non-hydrogen) atoms. The fourth-order valence-electron chi connectivity index (χ4n) is 2.63. The number of benzene rings is 2. The summed E-state index contributed by atoms with van der Waals surface area (Å²) in [5, 5.41) is 12.7. The number of hydroxylamine groups is 1. The summed E-state index contributed by atoms with van der Waals surface area (Å²) >= 11 is 0. The molecular weight excluding hydrogens is 359 g/mol. The van der Waals surface area contributed by atoms with E-state index in [0.717, 1.165) is 16.3 Å². The van der Waals surface area contributed by atoms with Crippen LogP contribution in [0.3, 0.4) is 0 Å². The molecule has 0 saturated carbocycles. The van der Waals surface area contributed by atoms with Crippen LogP contribution in [-0.4, -0.2) is 20.9 Å². The predicted molar refractivity (Wildman–Crippen MR) is 92.2 cm³/mol. The zero-order chi connectivity index (χ0) is 19.6. The van der Waals surface area contributed by atoms with Gasteiger partial charge in [0.1, 0.15) is 5.69 Å². The molecule has 0 radical (unpaired) electrons. The Hall–Kier alpha value is -3.13. The Bertz CT molecular complexity index is 946. The third-order valence-corrected chi connectivity index (χ3v) is 4.07. The van der Waals surface area contributed by atoms with Gasteiger partial charge < -0.3 is 0 Å². The van der Waals surface area contributed by atoms with E-state index in [9.17, 15) is 18.0 Å². The SMILES string of the molecule is Cc1ccc(-c2cc(C(F)(F)F)n(Cc3ccc(C(=O)NO)cc3)n2)cc1. The third kappa shape index (κ3) is 4.17. The van der Waals surface area contributed by atoms with Crippen LogP contribution in [0.5, 0.6) is 0 Å². The van der Waals surface area contributed by atoms with E-state index in [1.165, 1.54) is 29.7 Å². The van der Waals surface area contributed by atoms with E-state index in [1.807, 2.05) is 19.1 Å². The van der Waals surface area contributed by atoms with Crippen molar-refractivity contribution in [1.82, 2.24) is 15.3 Å². The van der Waals surface area contributed by atoms with Gasteiger partial charge in [-0.3, -0.25) is 14.7 Å². The molecule has 2 N–H and O–H groups in total. The Morgan fingerprint density at radius 3 is 2.30 bits per heavy atom. The molecule has 0 saturated heterocycles. The average Bonchev–Trinajstić information content (AvgIpc) is 3.06. The largest absolute Gasteiger partial charge is 0.433 e. The molecule has 0 aliphatic rings. The first-order valence-corrected chi connectivity index (χ1v) is 8.03. The second-order valence-electron chi connectivity index (χ2n) is 6.07. The molecule has 8 heteroatoms. The molecule has 3 aromatic rings. The Morgan fingerprint density at radius 2 is 1.74 bits per heavy atom. The summed E-state index contributed by atoms with van der Waals surface area (Å²) in [6.45, 7) is 1.78. The Morgan fingerprint density at radius 1 is 1.11 bits per heavy atom. The molecule has 2 aromatic carbocycles. The number of aryl methyl sites for hydroxylation is 1. The highest BCUT2D eigenvalue weighted by Gasteiger charge is 2.36. The van der Waals surface area contributed by atoms with Crippen molar-refractivity contribution >= 4 is 5.91 Å². The number of halogens is 3. The highest BCUT2D eigenvalue weighted by Crippen LogP contribution is 2.33. The van der Waals surface area contributed by atoms with Gasteiger partial charge in [-0.2, -0.15) is 18.3 Å². The minimum atomic E-state index is -4.55. The summed E-state index contributed by atoms with van der Waals surface area (Å²) in [4.78, 5) is 11.3. The topological polar surface area (TPSA) is 67.2 Å². The summed E-state index contributed by atoms with van der Waals surface area (Å²) < 4.78 is 41.2. The monoisotopic (exact) mass is 375 g/mol. The van der Waals surface area contributed by atoms with Crippen LogP contribution in [0.15, 0.2) is 54.6 Å². The molecule has 0 unspecified atom stereocenters. The van der Waals surface area contributed by atoms with E-state index in [-0.39, 0.29) is 17.8 Å². The standard InChI is InChI=1S/C19H16F3N3O2/c1-12-2-6-14(7-3-12)16-10-17(19(20,21)22)25(23-16)11-13-4-8-15(9-5-13)18(26)24-27/h2-10,27H,11H2,1H3,(H,24,26). The zero-order valence-electron chi connectivity index (χ0n) is 14.3. The van der Waals surface area contributed by atoms with E-state index in [4.69, 9.17) is 5.21 Å². The van der Waals surface area contributed by atoms with E-state index in [1.54, 1.807) is 12.1 Å². The molecule has 1 amide bonds. The minimum absolute atomic E-state index is 0.109. The molecule has 0 aliphatic heterocycles. The predicted octanol–water partition coefficient (Wildman–Crippen LogP) is 4.04. The van der Waals surface area contributed by atoms with Crippen LogP contribution in [0.2, 0.25) is 0 Å². The number of alkyl halides is 3. The van der Waals surface area contributed by atoms with Gasteiger partial charge in [0.25, 0.3) is 5.91 Å². The van der Waals surface area contributed by atoms with Crippen molar-refractivity contribution in [2.75, 3.05) is 0 Å². The first kappa shape index (κ1) is 18.7. The van der Waals surface area contributed by atoms with Gasteiger partial charge >= 0.3 is 6.18 Å². The minimum Gasteiger partial charge on any atom is -0.288 e. The molecule has 0 fully saturated rings. The van der Waals surface area contributed by atoms with Crippen molar-refractivity contribution in [3.8, 4) is 11.3 Å². The molecule has 0 spiro atoms. The van der Waals surface area contributed by atoms with E-state index >= 15 is 0 Å². The quantitative estimate of drug-likeness (QED) is 0.534. The van der Waals surface area contributed by atoms with Crippen molar-refractivity contribution < 1.29 is 23.2 Å². The molecule has 0 bridgehead atoms. The number of rotatable bonds is 4. The first-order valence-electron chi connectivity index (χ1n) is 8.03. The summed E-state index contributed by atoms with van der Waals surface area (Å²) in [6, 6.07) is 14.0. The highest BCUT2D eigenvalue weighted by molar-refractivity contribution is 5.93. The van der Waals surface area contributed by atoms with Gasteiger partial charge in [0.15, 0.2) is 0 Å². The summed E-state index contributed by atoms with van der Waals surface area (Å²) in [6.07, 6.45) is -4.55. The zero-order valence-corrected chi connectivity index (χ0v) is 14.3. The molecule has 1 heterocycles. The van der Waals surface area contributed by atoms with Crippen LogP contribution < -0.4 is 5.48 Å². The Balaban J connectivity index is 1.94. The highest BCUT2D eigenvalue weighted by atomic mass is 19.4. The third-order valence-electron chi connectivity index (χ3n) is 4.07. The average molecular weight is 375 g/mol. The smallest absolute Gasteiger partial charge is 0.288 e. The van der Waals surface area contributed by atoms with Gasteiger partial charge in [-0.1, -0.05) is 42.0 Å². The van der Waals surface area contributed by atoms with Gasteiger partial charge in [0, 0.05) is 11.1 Å². The maximum atomic E-state index is 13.4. The summed E-state index contributed by atoms with van der Waals surface area (Å²) in [5.41, 5.74) is 3.21. The van der Waals surface area contributed by atoms with Crippen LogP contribution in [0.4, 0.5) is 13.2 Å². The van der Waals surface area contributed by atoms with Crippen molar-refractivity contribution in [3.63, 3.8) is 0 Å². The van der Waals surface area contributed by atoms with E-state index in [2.05, 4.69) is 5.10 Å². The van der Waals surface area contributed by atoms with Crippen LogP contribution in [0.1, 0.15) is 27.2 Å². The lowest BCUT2D eigenvalue weighted by Crippen LogP contribution is -2.18. The number of carbonyl (C=O) groups is 1. The van der Waals surface area contributed by atoms with Gasteiger partial charge in [-0.15, -0.1) is 0 Å². The molecule has 5 nitrogen and oxygen atoms in total. The molecule has 1 aromatic heterocycles. The lowest BCUT2D eigenvalue weighted by Gasteiger charge is -2.10. The maximum Gasteiger partial charge on any atom is 0.433 e. The lowest BCUT2D eigenvalue weighted by atomic mass is 10.1. The van der Waals surface area contributed by atoms with Crippen molar-refractivity contribution in [3.05, 3.63) is 77.0 Å². The van der Waals surface area contributed by atoms with Gasteiger partial charge in [-0.05, 0) is 30.7 Å². The maximum absolute atomic E-state index is 13.4. The first-order chi connectivity index (χ1) is 12.8. The lowest BCUT2D eigenvalue weighted by molar-refractivity contribution is -0.144. The number of amides is 1. The van der Waals surface area contributed by atoms with Crippen molar-refractivity contribution in [2.45, 2.75) is 19.6 Å². The molecule has 0 atom stereocenters. The fraction of sp³-hybridized carbons (Fsp3) is 0.158. The number of nitrogens with one attached hydrogen (secondary N) is 1. The number of hydrogen-bond acceptors (Lipinski definition) is 3. The van der Waals surface area contributed by atoms with E-state index < -0.39 is 17.8 Å². The number of carbonyl (C=O) groups excluding carboxylic acids is 1. The Labute approximate surface area is 153 Å². The van der Waals surface area contributed by atoms with Crippen LogP contribution in [0.25, 0.3) is 11.3 Å².